The summed E-state index contributed by atoms with van der Waals surface area (Å²) in [6.45, 7) is -0.254. The molecule has 0 aliphatic carbocycles. The van der Waals surface area contributed by atoms with Crippen LogP contribution in [0.1, 0.15) is 43.4 Å². The predicted molar refractivity (Wildman–Crippen MR) is 162 cm³/mol. The Morgan fingerprint density at radius 3 is 2.42 bits per heavy atom. The van der Waals surface area contributed by atoms with E-state index >= 15 is 0 Å². The normalized spacial score (nSPS) is 22.7. The second kappa shape index (κ2) is 10.3. The molecule has 8 heteroatoms. The largest absolute Gasteiger partial charge is 0.478 e. The van der Waals surface area contributed by atoms with Gasteiger partial charge >= 0.3 is 0 Å². The molecular formula is C35H24ClN3O4. The van der Waals surface area contributed by atoms with Gasteiger partial charge in [-0.1, -0.05) is 78.3 Å². The first kappa shape index (κ1) is 26.7. The molecule has 3 aliphatic heterocycles. The fraction of sp³-hybridized carbons (Fsp3) is 0.143. The average Bonchev–Trinajstić information content (AvgIpc) is 3.52. The van der Waals surface area contributed by atoms with Gasteiger partial charge in [-0.3, -0.25) is 14.4 Å². The number of nitrogens with zero attached hydrogens (tertiary/aromatic N) is 2. The van der Waals surface area contributed by atoms with Crippen LogP contribution in [-0.2, 0) is 10.2 Å². The number of Topliss-reactive ketones (excluding diaryl/α,β-unsaturated/α-hetero) is 2. The minimum Gasteiger partial charge on any atom is -0.478 e. The zero-order chi connectivity index (χ0) is 29.7. The van der Waals surface area contributed by atoms with Gasteiger partial charge in [0, 0.05) is 17.5 Å². The molecule has 210 valence electrons. The number of fused-ring (bicyclic) bond motifs is 6. The van der Waals surface area contributed by atoms with Crippen LogP contribution in [-0.4, -0.2) is 35.0 Å². The van der Waals surface area contributed by atoms with E-state index in [0.717, 1.165) is 11.1 Å². The van der Waals surface area contributed by atoms with Crippen molar-refractivity contribution in [2.24, 2.45) is 5.92 Å². The highest BCUT2D eigenvalue weighted by atomic mass is 35.5. The van der Waals surface area contributed by atoms with Gasteiger partial charge in [-0.15, -0.1) is 0 Å². The van der Waals surface area contributed by atoms with Crippen LogP contribution in [0.2, 0.25) is 5.02 Å². The second-order valence-electron chi connectivity index (χ2n) is 10.7. The Morgan fingerprint density at radius 2 is 1.60 bits per heavy atom. The number of nitriles is 1. The van der Waals surface area contributed by atoms with Crippen molar-refractivity contribution >= 4 is 40.8 Å². The lowest BCUT2D eigenvalue weighted by Gasteiger charge is -2.38. The van der Waals surface area contributed by atoms with E-state index in [1.165, 1.54) is 0 Å². The van der Waals surface area contributed by atoms with Crippen molar-refractivity contribution < 1.29 is 19.1 Å². The van der Waals surface area contributed by atoms with Crippen molar-refractivity contribution in [3.05, 3.63) is 136 Å². The highest BCUT2D eigenvalue weighted by Crippen LogP contribution is 2.62. The van der Waals surface area contributed by atoms with Crippen LogP contribution in [0.15, 0.2) is 103 Å². The van der Waals surface area contributed by atoms with Gasteiger partial charge in [-0.25, -0.2) is 0 Å². The van der Waals surface area contributed by atoms with E-state index in [0.29, 0.717) is 11.3 Å². The summed E-state index contributed by atoms with van der Waals surface area (Å²) in [6.07, 6.45) is 3.71. The molecular weight excluding hydrogens is 562 g/mol. The average molecular weight is 586 g/mol. The third-order valence-corrected chi connectivity index (χ3v) is 9.04. The zero-order valence-electron chi connectivity index (χ0n) is 22.7. The van der Waals surface area contributed by atoms with Crippen molar-refractivity contribution in [2.75, 3.05) is 11.9 Å². The number of ketones is 2. The third-order valence-electron chi connectivity index (χ3n) is 8.71. The molecule has 7 rings (SSSR count). The Hall–Kier alpha value is -5.19. The molecule has 1 fully saturated rings. The van der Waals surface area contributed by atoms with Crippen molar-refractivity contribution in [3.63, 3.8) is 0 Å². The number of amides is 1. The summed E-state index contributed by atoms with van der Waals surface area (Å²) in [5, 5.41) is 12.4. The number of ether oxygens (including phenoxy) is 1. The van der Waals surface area contributed by atoms with Crippen LogP contribution in [0.25, 0.3) is 6.08 Å². The Labute approximate surface area is 253 Å². The lowest BCUT2D eigenvalue weighted by molar-refractivity contribution is -0.122. The summed E-state index contributed by atoms with van der Waals surface area (Å²) < 4.78 is 5.65. The number of carbonyl (C=O) groups is 3. The van der Waals surface area contributed by atoms with E-state index in [1.807, 2.05) is 71.8 Å². The lowest BCUT2D eigenvalue weighted by Crippen LogP contribution is -2.49. The molecule has 1 amide bonds. The highest BCUT2D eigenvalue weighted by Gasteiger charge is 2.71. The van der Waals surface area contributed by atoms with Crippen LogP contribution in [0.3, 0.4) is 0 Å². The van der Waals surface area contributed by atoms with Gasteiger partial charge in [-0.05, 0) is 53.1 Å². The minimum atomic E-state index is -1.48. The fourth-order valence-corrected chi connectivity index (χ4v) is 7.29. The lowest BCUT2D eigenvalue weighted by atomic mass is 9.62. The number of halogens is 1. The number of hydrogen-bond donors (Lipinski definition) is 1. The number of nitrogens with one attached hydrogen (secondary N) is 1. The van der Waals surface area contributed by atoms with Gasteiger partial charge in [0.2, 0.25) is 5.91 Å². The number of hydrogen-bond acceptors (Lipinski definition) is 6. The van der Waals surface area contributed by atoms with E-state index in [9.17, 15) is 14.4 Å². The maximum Gasteiger partial charge on any atom is 0.238 e. The van der Waals surface area contributed by atoms with Crippen molar-refractivity contribution in [3.8, 4) is 11.8 Å². The number of benzene rings is 4. The maximum absolute atomic E-state index is 14.9. The predicted octanol–water partition coefficient (Wildman–Crippen LogP) is 6.22. The number of para-hydroxylation sites is 2. The van der Waals surface area contributed by atoms with E-state index in [4.69, 9.17) is 21.6 Å². The molecule has 4 aromatic carbocycles. The summed E-state index contributed by atoms with van der Waals surface area (Å²) >= 11 is 6.61. The topological polar surface area (TPSA) is 99.5 Å². The van der Waals surface area contributed by atoms with Crippen molar-refractivity contribution in [2.45, 2.75) is 17.5 Å². The number of rotatable bonds is 6. The first-order valence-electron chi connectivity index (χ1n) is 13.9. The van der Waals surface area contributed by atoms with Crippen molar-refractivity contribution in [1.82, 2.24) is 4.90 Å². The molecule has 4 aromatic rings. The Bertz CT molecular complexity index is 1900. The Morgan fingerprint density at radius 1 is 0.907 bits per heavy atom. The van der Waals surface area contributed by atoms with Gasteiger partial charge in [0.1, 0.15) is 23.3 Å². The SMILES string of the molecule is N#CCOc1ccccc1C(=O)[C@H]1[C@@H](C(=O)c2ccccc2Cl)[C@@]2(C(=O)Nc3ccccc32)[C@@H]2c3ccccc3C=CN21. The van der Waals surface area contributed by atoms with E-state index in [-0.39, 0.29) is 34.4 Å². The molecule has 0 unspecified atom stereocenters. The summed E-state index contributed by atoms with van der Waals surface area (Å²) in [6, 6.07) is 28.6. The van der Waals surface area contributed by atoms with Crippen LogP contribution >= 0.6 is 11.6 Å². The molecule has 3 heterocycles. The quantitative estimate of drug-likeness (QED) is 0.270. The molecule has 1 spiro atoms. The van der Waals surface area contributed by atoms with Crippen LogP contribution < -0.4 is 10.1 Å². The smallest absolute Gasteiger partial charge is 0.238 e. The standard InChI is InChI=1S/C35H24ClN3O4/c36-26-14-6-3-11-23(26)31(40)29-30(32(41)24-12-4-8-16-28(24)43-20-18-37)39-19-17-21-9-1-2-10-22(21)33(39)35(29)25-13-5-7-15-27(25)38-34(35)42/h1-17,19,29-30,33H,20H2,(H,38,42)/t29-,30+,33-,35+/m0/s1. The minimum absolute atomic E-state index is 0.217. The molecule has 7 nitrogen and oxygen atoms in total. The van der Waals surface area contributed by atoms with Crippen molar-refractivity contribution in [1.29, 1.82) is 5.26 Å². The Balaban J connectivity index is 1.53. The van der Waals surface area contributed by atoms with E-state index in [2.05, 4.69) is 5.32 Å². The third kappa shape index (κ3) is 3.84. The highest BCUT2D eigenvalue weighted by molar-refractivity contribution is 6.34. The first-order valence-corrected chi connectivity index (χ1v) is 14.2. The summed E-state index contributed by atoms with van der Waals surface area (Å²) in [5.41, 5.74) is 1.95. The number of anilines is 1. The maximum atomic E-state index is 14.9. The van der Waals surface area contributed by atoms with Gasteiger partial charge in [0.15, 0.2) is 18.2 Å². The van der Waals surface area contributed by atoms with Gasteiger partial charge in [-0.2, -0.15) is 5.26 Å². The monoisotopic (exact) mass is 585 g/mol. The van der Waals surface area contributed by atoms with Crippen LogP contribution in [0.4, 0.5) is 5.69 Å². The summed E-state index contributed by atoms with van der Waals surface area (Å²) in [7, 11) is 0. The molecule has 3 aliphatic rings. The Kier molecular flexibility index (Phi) is 6.37. The molecule has 0 aromatic heterocycles. The van der Waals surface area contributed by atoms with Crippen LogP contribution in [0, 0.1) is 17.2 Å². The zero-order valence-corrected chi connectivity index (χ0v) is 23.5. The molecule has 0 saturated carbocycles. The summed E-state index contributed by atoms with van der Waals surface area (Å²) in [4.78, 5) is 46.1. The molecule has 0 radical (unpaired) electrons. The number of carbonyl (C=O) groups excluding carboxylic acids is 3. The molecule has 1 saturated heterocycles. The van der Waals surface area contributed by atoms with Crippen LogP contribution in [0.5, 0.6) is 5.75 Å². The summed E-state index contributed by atoms with van der Waals surface area (Å²) in [5.74, 6) is -2.11. The van der Waals surface area contributed by atoms with Gasteiger partial charge < -0.3 is 15.0 Å². The first-order chi connectivity index (χ1) is 21.0. The molecule has 0 bridgehead atoms. The van der Waals surface area contributed by atoms with Gasteiger partial charge in [0.25, 0.3) is 0 Å². The molecule has 43 heavy (non-hydrogen) atoms. The molecule has 4 atom stereocenters. The molecule has 1 N–H and O–H groups in total. The van der Waals surface area contributed by atoms with E-state index in [1.54, 1.807) is 48.5 Å². The van der Waals surface area contributed by atoms with E-state index < -0.39 is 35.0 Å². The van der Waals surface area contributed by atoms with Gasteiger partial charge in [0.05, 0.1) is 22.5 Å². The second-order valence-corrected chi connectivity index (χ2v) is 11.1. The fourth-order valence-electron chi connectivity index (χ4n) is 7.06.